The number of carbonyl (C=O) groups is 1. The van der Waals surface area contributed by atoms with E-state index in [2.05, 4.69) is 19.7 Å². The molecular weight excluding hydrogens is 492 g/mol. The third-order valence-electron chi connectivity index (χ3n) is 5.51. The molecule has 3 heterocycles. The maximum absolute atomic E-state index is 13.2. The Morgan fingerprint density at radius 1 is 0.946 bits per heavy atom. The second kappa shape index (κ2) is 10.4. The maximum Gasteiger partial charge on any atom is 0.281 e. The van der Waals surface area contributed by atoms with Crippen LogP contribution in [0.4, 0.5) is 0 Å². The maximum atomic E-state index is 13.2. The molecule has 37 heavy (non-hydrogen) atoms. The van der Waals surface area contributed by atoms with E-state index in [-0.39, 0.29) is 19.3 Å². The fourth-order valence-electron chi connectivity index (χ4n) is 3.83. The summed E-state index contributed by atoms with van der Waals surface area (Å²) in [6.45, 7) is 7.42. The number of carbonyl (C=O) groups excluding carboxylic acids is 1. The first kappa shape index (κ1) is 25.8. The summed E-state index contributed by atoms with van der Waals surface area (Å²) in [5.41, 5.74) is 4.34. The molecule has 1 amide bonds. The highest BCUT2D eigenvalue weighted by Crippen LogP contribution is 2.32. The van der Waals surface area contributed by atoms with Crippen LogP contribution in [0.25, 0.3) is 11.3 Å². The third-order valence-corrected chi connectivity index (χ3v) is 6.75. The van der Waals surface area contributed by atoms with Gasteiger partial charge in [-0.15, -0.1) is 0 Å². The van der Waals surface area contributed by atoms with Crippen molar-refractivity contribution in [2.45, 2.75) is 32.7 Å². The normalized spacial score (nSPS) is 11.2. The zero-order chi connectivity index (χ0) is 26.7. The first-order valence-corrected chi connectivity index (χ1v) is 12.8. The van der Waals surface area contributed by atoms with E-state index >= 15 is 0 Å². The number of pyridine rings is 3. The Balaban J connectivity index is 0.00000267. The standard InChI is InChI=1S/C27H26N4O5S.2H2/c1-16-13-17(2)25(18(3)14-16)36-27-21(10-11-22(30-27)20-9-12-23(35-5)28-15-20)26(32)31-37(33,34)24-8-6-7-19(4)29-24;;/h6-15H,1-5H3,(H,31,32);2*1H. The molecule has 9 nitrogen and oxygen atoms in total. The van der Waals surface area contributed by atoms with Gasteiger partial charge in [-0.3, -0.25) is 4.79 Å². The average molecular weight is 523 g/mol. The number of ether oxygens (including phenoxy) is 2. The minimum Gasteiger partial charge on any atom is -0.481 e. The summed E-state index contributed by atoms with van der Waals surface area (Å²) >= 11 is 0. The van der Waals surface area contributed by atoms with Crippen molar-refractivity contribution >= 4 is 15.9 Å². The summed E-state index contributed by atoms with van der Waals surface area (Å²) in [5.74, 6) is 0.0263. The molecule has 0 spiro atoms. The summed E-state index contributed by atoms with van der Waals surface area (Å²) in [4.78, 5) is 26.0. The summed E-state index contributed by atoms with van der Waals surface area (Å²) in [5, 5.41) is -0.262. The van der Waals surface area contributed by atoms with Crippen LogP contribution in [0.15, 0.2) is 65.8 Å². The molecule has 0 fully saturated rings. The van der Waals surface area contributed by atoms with Gasteiger partial charge >= 0.3 is 0 Å². The Hall–Kier alpha value is -4.31. The Labute approximate surface area is 218 Å². The zero-order valence-electron chi connectivity index (χ0n) is 21.1. The Morgan fingerprint density at radius 3 is 2.30 bits per heavy atom. The van der Waals surface area contributed by atoms with Gasteiger partial charge in [0.15, 0.2) is 5.03 Å². The van der Waals surface area contributed by atoms with E-state index < -0.39 is 15.9 Å². The first-order valence-electron chi connectivity index (χ1n) is 11.4. The topological polar surface area (TPSA) is 120 Å². The van der Waals surface area contributed by atoms with Gasteiger partial charge < -0.3 is 9.47 Å². The number of amides is 1. The molecule has 194 valence electrons. The van der Waals surface area contributed by atoms with Crippen LogP contribution < -0.4 is 14.2 Å². The summed E-state index contributed by atoms with van der Waals surface area (Å²) in [7, 11) is -2.71. The van der Waals surface area contributed by atoms with Gasteiger partial charge in [0.2, 0.25) is 11.8 Å². The molecule has 0 saturated carbocycles. The molecular formula is C27H30N4O5S. The van der Waals surface area contributed by atoms with Crippen molar-refractivity contribution in [2.75, 3.05) is 7.11 Å². The molecule has 4 rings (SSSR count). The molecule has 1 aromatic carbocycles. The lowest BCUT2D eigenvalue weighted by atomic mass is 10.1. The van der Waals surface area contributed by atoms with Gasteiger partial charge in [-0.1, -0.05) is 23.8 Å². The molecule has 3 aromatic heterocycles. The highest BCUT2D eigenvalue weighted by Gasteiger charge is 2.24. The van der Waals surface area contributed by atoms with Crippen LogP contribution >= 0.6 is 0 Å². The fourth-order valence-corrected chi connectivity index (χ4v) is 4.81. The molecule has 0 atom stereocenters. The number of nitrogens with zero attached hydrogens (tertiary/aromatic N) is 3. The van der Waals surface area contributed by atoms with Crippen molar-refractivity contribution in [3.63, 3.8) is 0 Å². The van der Waals surface area contributed by atoms with Crippen molar-refractivity contribution in [3.8, 4) is 28.8 Å². The molecule has 0 aliphatic heterocycles. The first-order chi connectivity index (χ1) is 17.6. The average Bonchev–Trinajstić information content (AvgIpc) is 2.86. The van der Waals surface area contributed by atoms with E-state index in [4.69, 9.17) is 9.47 Å². The molecule has 1 N–H and O–H groups in total. The lowest BCUT2D eigenvalue weighted by Crippen LogP contribution is -2.31. The van der Waals surface area contributed by atoms with Crippen molar-refractivity contribution in [1.29, 1.82) is 0 Å². The zero-order valence-corrected chi connectivity index (χ0v) is 21.9. The van der Waals surface area contributed by atoms with Crippen molar-refractivity contribution in [3.05, 3.63) is 88.7 Å². The van der Waals surface area contributed by atoms with E-state index in [9.17, 15) is 13.2 Å². The van der Waals surface area contributed by atoms with Gasteiger partial charge in [0, 0.05) is 26.4 Å². The molecule has 0 saturated heterocycles. The monoisotopic (exact) mass is 522 g/mol. The van der Waals surface area contributed by atoms with E-state index in [0.717, 1.165) is 16.7 Å². The highest BCUT2D eigenvalue weighted by atomic mass is 32.2. The molecule has 0 aliphatic carbocycles. The predicted molar refractivity (Wildman–Crippen MR) is 143 cm³/mol. The number of aryl methyl sites for hydroxylation is 4. The van der Waals surface area contributed by atoms with Crippen LogP contribution in [-0.2, 0) is 10.0 Å². The van der Waals surface area contributed by atoms with Crippen LogP contribution in [0.2, 0.25) is 0 Å². The predicted octanol–water partition coefficient (Wildman–Crippen LogP) is 5.18. The van der Waals surface area contributed by atoms with Crippen molar-refractivity contribution in [1.82, 2.24) is 19.7 Å². The lowest BCUT2D eigenvalue weighted by Gasteiger charge is -2.16. The van der Waals surface area contributed by atoms with Gasteiger partial charge in [-0.2, -0.15) is 8.42 Å². The van der Waals surface area contributed by atoms with E-state index in [1.54, 1.807) is 43.5 Å². The minimum absolute atomic E-state index is 0. The molecule has 10 heteroatoms. The lowest BCUT2D eigenvalue weighted by molar-refractivity contribution is 0.0978. The molecule has 0 aliphatic rings. The Morgan fingerprint density at radius 2 is 1.68 bits per heavy atom. The highest BCUT2D eigenvalue weighted by molar-refractivity contribution is 7.90. The minimum atomic E-state index is -4.23. The number of benzene rings is 1. The van der Waals surface area contributed by atoms with Crippen molar-refractivity contribution in [2.24, 2.45) is 0 Å². The van der Waals surface area contributed by atoms with Crippen LogP contribution in [0.1, 0.15) is 35.6 Å². The van der Waals surface area contributed by atoms with Gasteiger partial charge in [-0.25, -0.2) is 19.7 Å². The second-order valence-electron chi connectivity index (χ2n) is 8.52. The largest absolute Gasteiger partial charge is 0.481 e. The van der Waals surface area contributed by atoms with Crippen molar-refractivity contribution < 1.29 is 25.5 Å². The number of aromatic nitrogens is 3. The molecule has 0 radical (unpaired) electrons. The molecule has 0 unspecified atom stereocenters. The van der Waals surface area contributed by atoms with Crippen LogP contribution in [0.3, 0.4) is 0 Å². The van der Waals surface area contributed by atoms with Crippen LogP contribution in [0.5, 0.6) is 17.5 Å². The smallest absolute Gasteiger partial charge is 0.281 e. The Bertz CT molecular complexity index is 1570. The fraction of sp³-hybridized carbons (Fsp3) is 0.185. The second-order valence-corrected chi connectivity index (χ2v) is 10.1. The Kier molecular flexibility index (Phi) is 7.21. The third kappa shape index (κ3) is 5.75. The summed E-state index contributed by atoms with van der Waals surface area (Å²) in [6.07, 6.45) is 1.58. The number of hydrogen-bond acceptors (Lipinski definition) is 8. The van der Waals surface area contributed by atoms with Gasteiger partial charge in [0.05, 0.1) is 12.8 Å². The number of sulfonamides is 1. The SMILES string of the molecule is COc1ccc(-c2ccc(C(=O)NS(=O)(=O)c3cccc(C)n3)c(Oc3c(C)cc(C)cc3C)n2)cn1.[HH].[HH]. The van der Waals surface area contributed by atoms with Gasteiger partial charge in [0.1, 0.15) is 11.3 Å². The number of nitrogens with one attached hydrogen (secondary N) is 1. The van der Waals surface area contributed by atoms with Crippen LogP contribution in [0, 0.1) is 27.7 Å². The van der Waals surface area contributed by atoms with E-state index in [1.807, 2.05) is 32.9 Å². The number of rotatable bonds is 7. The summed E-state index contributed by atoms with van der Waals surface area (Å²) in [6, 6.07) is 15.0. The van der Waals surface area contributed by atoms with Crippen LogP contribution in [-0.4, -0.2) is 36.4 Å². The molecule has 4 aromatic rings. The quantitative estimate of drug-likeness (QED) is 0.352. The molecule has 0 bridgehead atoms. The van der Waals surface area contributed by atoms with E-state index in [1.165, 1.54) is 19.2 Å². The number of methoxy groups -OCH3 is 1. The van der Waals surface area contributed by atoms with Gasteiger partial charge in [-0.05, 0) is 69.2 Å². The summed E-state index contributed by atoms with van der Waals surface area (Å²) < 4.78 is 39.1. The van der Waals surface area contributed by atoms with Gasteiger partial charge in [0.25, 0.3) is 15.9 Å². The number of hydrogen-bond donors (Lipinski definition) is 1. The van der Waals surface area contributed by atoms with E-state index in [0.29, 0.717) is 28.6 Å².